The molecular formula is C13H20BrNO. The lowest BCUT2D eigenvalue weighted by Gasteiger charge is -2.11. The number of hydrogen-bond acceptors (Lipinski definition) is 2. The molecule has 16 heavy (non-hydrogen) atoms. The van der Waals surface area contributed by atoms with Gasteiger partial charge < -0.3 is 10.5 Å². The second-order valence-corrected chi connectivity index (χ2v) is 4.84. The van der Waals surface area contributed by atoms with E-state index in [1.165, 1.54) is 5.56 Å². The molecule has 0 saturated heterocycles. The lowest BCUT2D eigenvalue weighted by molar-refractivity contribution is 0.315. The van der Waals surface area contributed by atoms with E-state index in [1.807, 2.05) is 6.07 Å². The van der Waals surface area contributed by atoms with Crippen LogP contribution in [0.5, 0.6) is 5.75 Å². The van der Waals surface area contributed by atoms with Crippen molar-refractivity contribution in [2.24, 2.45) is 5.73 Å². The minimum atomic E-state index is 0.245. The summed E-state index contributed by atoms with van der Waals surface area (Å²) in [6, 6.07) is 6.44. The maximum atomic E-state index is 5.93. The van der Waals surface area contributed by atoms with Gasteiger partial charge in [0.1, 0.15) is 5.75 Å². The van der Waals surface area contributed by atoms with Crippen molar-refractivity contribution in [1.29, 1.82) is 0 Å². The summed E-state index contributed by atoms with van der Waals surface area (Å²) in [7, 11) is 0. The van der Waals surface area contributed by atoms with E-state index in [1.54, 1.807) is 0 Å². The van der Waals surface area contributed by atoms with Crippen molar-refractivity contribution in [2.45, 2.75) is 39.2 Å². The van der Waals surface area contributed by atoms with Gasteiger partial charge in [-0.05, 0) is 52.9 Å². The molecule has 0 heterocycles. The lowest BCUT2D eigenvalue weighted by Crippen LogP contribution is -2.21. The maximum Gasteiger partial charge on any atom is 0.133 e. The van der Waals surface area contributed by atoms with Gasteiger partial charge in [-0.3, -0.25) is 0 Å². The van der Waals surface area contributed by atoms with E-state index in [0.29, 0.717) is 0 Å². The first-order chi connectivity index (χ1) is 7.67. The molecule has 0 fully saturated rings. The van der Waals surface area contributed by atoms with E-state index in [4.69, 9.17) is 10.5 Å². The van der Waals surface area contributed by atoms with Crippen molar-refractivity contribution >= 4 is 15.9 Å². The van der Waals surface area contributed by atoms with Crippen molar-refractivity contribution in [1.82, 2.24) is 0 Å². The molecule has 0 saturated carbocycles. The highest BCUT2D eigenvalue weighted by Crippen LogP contribution is 2.26. The Balaban J connectivity index is 2.66. The summed E-state index contributed by atoms with van der Waals surface area (Å²) in [4.78, 5) is 0. The predicted molar refractivity (Wildman–Crippen MR) is 71.9 cm³/mol. The second kappa shape index (κ2) is 6.92. The summed E-state index contributed by atoms with van der Waals surface area (Å²) in [6.45, 7) is 4.97. The van der Waals surface area contributed by atoms with Crippen LogP contribution in [0.15, 0.2) is 22.7 Å². The number of nitrogens with two attached hydrogens (primary N) is 1. The number of benzene rings is 1. The van der Waals surface area contributed by atoms with Gasteiger partial charge in [-0.2, -0.15) is 0 Å². The summed E-state index contributed by atoms with van der Waals surface area (Å²) >= 11 is 3.52. The molecule has 0 spiro atoms. The Morgan fingerprint density at radius 2 is 2.12 bits per heavy atom. The van der Waals surface area contributed by atoms with Crippen LogP contribution in [-0.4, -0.2) is 12.6 Å². The maximum absolute atomic E-state index is 5.93. The van der Waals surface area contributed by atoms with Crippen LogP contribution in [0.3, 0.4) is 0 Å². The van der Waals surface area contributed by atoms with Crippen LogP contribution in [0.4, 0.5) is 0 Å². The Morgan fingerprint density at radius 3 is 2.69 bits per heavy atom. The van der Waals surface area contributed by atoms with E-state index in [0.717, 1.165) is 36.1 Å². The van der Waals surface area contributed by atoms with Crippen LogP contribution in [0.25, 0.3) is 0 Å². The SMILES string of the molecule is CCCOc1ccc(CC(N)CC)cc1Br. The van der Waals surface area contributed by atoms with Crippen molar-refractivity contribution in [3.8, 4) is 5.75 Å². The van der Waals surface area contributed by atoms with Crippen LogP contribution in [-0.2, 0) is 6.42 Å². The Kier molecular flexibility index (Phi) is 5.85. The van der Waals surface area contributed by atoms with Gasteiger partial charge in [0.25, 0.3) is 0 Å². The monoisotopic (exact) mass is 285 g/mol. The van der Waals surface area contributed by atoms with Crippen molar-refractivity contribution in [2.75, 3.05) is 6.61 Å². The normalized spacial score (nSPS) is 12.5. The van der Waals surface area contributed by atoms with Crippen LogP contribution in [0.1, 0.15) is 32.3 Å². The van der Waals surface area contributed by atoms with Gasteiger partial charge in [0.15, 0.2) is 0 Å². The van der Waals surface area contributed by atoms with Gasteiger partial charge in [0, 0.05) is 6.04 Å². The molecule has 0 amide bonds. The molecule has 1 aromatic carbocycles. The van der Waals surface area contributed by atoms with E-state index >= 15 is 0 Å². The Labute approximate surface area is 106 Å². The average molecular weight is 286 g/mol. The van der Waals surface area contributed by atoms with Crippen molar-refractivity contribution < 1.29 is 4.74 Å². The summed E-state index contributed by atoms with van der Waals surface area (Å²) in [5, 5.41) is 0. The van der Waals surface area contributed by atoms with E-state index in [-0.39, 0.29) is 6.04 Å². The van der Waals surface area contributed by atoms with Crippen LogP contribution < -0.4 is 10.5 Å². The third-order valence-corrected chi connectivity index (χ3v) is 3.10. The lowest BCUT2D eigenvalue weighted by atomic mass is 10.0. The molecule has 3 heteroatoms. The fraction of sp³-hybridized carbons (Fsp3) is 0.538. The van der Waals surface area contributed by atoms with Gasteiger partial charge in [-0.25, -0.2) is 0 Å². The third-order valence-electron chi connectivity index (χ3n) is 2.48. The highest BCUT2D eigenvalue weighted by molar-refractivity contribution is 9.10. The molecule has 90 valence electrons. The molecule has 1 rings (SSSR count). The minimum absolute atomic E-state index is 0.245. The molecule has 0 aliphatic rings. The zero-order chi connectivity index (χ0) is 12.0. The molecule has 2 N–H and O–H groups in total. The molecule has 0 radical (unpaired) electrons. The quantitative estimate of drug-likeness (QED) is 0.868. The van der Waals surface area contributed by atoms with Crippen LogP contribution in [0, 0.1) is 0 Å². The van der Waals surface area contributed by atoms with Crippen LogP contribution in [0.2, 0.25) is 0 Å². The third kappa shape index (κ3) is 4.14. The van der Waals surface area contributed by atoms with Gasteiger partial charge in [0.2, 0.25) is 0 Å². The van der Waals surface area contributed by atoms with Gasteiger partial charge in [0.05, 0.1) is 11.1 Å². The molecule has 1 unspecified atom stereocenters. The molecule has 2 nitrogen and oxygen atoms in total. The van der Waals surface area contributed by atoms with Gasteiger partial charge >= 0.3 is 0 Å². The Morgan fingerprint density at radius 1 is 1.38 bits per heavy atom. The minimum Gasteiger partial charge on any atom is -0.492 e. The fourth-order valence-electron chi connectivity index (χ4n) is 1.45. The number of hydrogen-bond donors (Lipinski definition) is 1. The number of rotatable bonds is 6. The summed E-state index contributed by atoms with van der Waals surface area (Å²) < 4.78 is 6.61. The summed E-state index contributed by atoms with van der Waals surface area (Å²) in [5.41, 5.74) is 7.18. The smallest absolute Gasteiger partial charge is 0.133 e. The predicted octanol–water partition coefficient (Wildman–Crippen LogP) is 3.52. The van der Waals surface area contributed by atoms with Gasteiger partial charge in [-0.15, -0.1) is 0 Å². The summed E-state index contributed by atoms with van der Waals surface area (Å²) in [6.07, 6.45) is 2.95. The molecule has 1 atom stereocenters. The first kappa shape index (κ1) is 13.5. The number of halogens is 1. The van der Waals surface area contributed by atoms with E-state index in [9.17, 15) is 0 Å². The van der Waals surface area contributed by atoms with Gasteiger partial charge in [-0.1, -0.05) is 19.9 Å². The number of ether oxygens (including phenoxy) is 1. The van der Waals surface area contributed by atoms with E-state index in [2.05, 4.69) is 41.9 Å². The standard InChI is InChI=1S/C13H20BrNO/c1-3-7-16-13-6-5-10(9-12(13)14)8-11(15)4-2/h5-6,9,11H,3-4,7-8,15H2,1-2H3. The fourth-order valence-corrected chi connectivity index (χ4v) is 1.99. The molecule has 1 aromatic rings. The first-order valence-corrected chi connectivity index (χ1v) is 6.63. The average Bonchev–Trinajstić information content (AvgIpc) is 2.28. The van der Waals surface area contributed by atoms with Crippen molar-refractivity contribution in [3.63, 3.8) is 0 Å². The molecule has 0 aliphatic heterocycles. The zero-order valence-electron chi connectivity index (χ0n) is 10.0. The highest BCUT2D eigenvalue weighted by atomic mass is 79.9. The molecule has 0 aliphatic carbocycles. The zero-order valence-corrected chi connectivity index (χ0v) is 11.6. The first-order valence-electron chi connectivity index (χ1n) is 5.84. The van der Waals surface area contributed by atoms with Crippen LogP contribution >= 0.6 is 15.9 Å². The molecular weight excluding hydrogens is 266 g/mol. The molecule has 0 aromatic heterocycles. The Hall–Kier alpha value is -0.540. The second-order valence-electron chi connectivity index (χ2n) is 3.99. The largest absolute Gasteiger partial charge is 0.492 e. The Bertz CT molecular complexity index is 328. The van der Waals surface area contributed by atoms with Crippen molar-refractivity contribution in [3.05, 3.63) is 28.2 Å². The van der Waals surface area contributed by atoms with E-state index < -0.39 is 0 Å². The highest BCUT2D eigenvalue weighted by Gasteiger charge is 2.05. The molecule has 0 bridgehead atoms. The topological polar surface area (TPSA) is 35.2 Å². The summed E-state index contributed by atoms with van der Waals surface area (Å²) in [5.74, 6) is 0.913.